The SMILES string of the molecule is CCCCNc1cc2[nH]c(=O)[nH]c2cn1. The maximum absolute atomic E-state index is 11.0. The van der Waals surface area contributed by atoms with Crippen molar-refractivity contribution in [2.45, 2.75) is 19.8 Å². The van der Waals surface area contributed by atoms with Crippen LogP contribution >= 0.6 is 0 Å². The minimum atomic E-state index is -0.197. The number of H-pyrrole nitrogens is 2. The first-order valence-corrected chi connectivity index (χ1v) is 5.11. The lowest BCUT2D eigenvalue weighted by molar-refractivity contribution is 0.831. The van der Waals surface area contributed by atoms with Gasteiger partial charge in [0.2, 0.25) is 0 Å². The quantitative estimate of drug-likeness (QED) is 0.663. The number of unbranched alkanes of at least 4 members (excludes halogenated alkanes) is 1. The topological polar surface area (TPSA) is 73.6 Å². The summed E-state index contributed by atoms with van der Waals surface area (Å²) in [5.41, 5.74) is 1.33. The standard InChI is InChI=1S/C10H14N4O/c1-2-3-4-11-9-5-7-8(6-12-9)14-10(15)13-7/h5-6H,2-4H2,1H3,(H,11,12)(H2,13,14,15). The van der Waals surface area contributed by atoms with Gasteiger partial charge in [0.05, 0.1) is 17.2 Å². The fraction of sp³-hybridized carbons (Fsp3) is 0.400. The Bertz CT molecular complexity index is 499. The van der Waals surface area contributed by atoms with E-state index in [1.165, 1.54) is 0 Å². The van der Waals surface area contributed by atoms with Gasteiger partial charge in [-0.15, -0.1) is 0 Å². The highest BCUT2D eigenvalue weighted by atomic mass is 16.1. The van der Waals surface area contributed by atoms with Crippen LogP contribution in [0, 0.1) is 0 Å². The molecule has 0 saturated heterocycles. The van der Waals surface area contributed by atoms with Crippen molar-refractivity contribution in [1.82, 2.24) is 15.0 Å². The molecule has 2 heterocycles. The molecule has 5 heteroatoms. The van der Waals surface area contributed by atoms with E-state index in [1.54, 1.807) is 6.20 Å². The molecule has 0 aromatic carbocycles. The smallest absolute Gasteiger partial charge is 0.323 e. The van der Waals surface area contributed by atoms with E-state index in [-0.39, 0.29) is 5.69 Å². The first-order valence-electron chi connectivity index (χ1n) is 5.11. The molecule has 5 nitrogen and oxygen atoms in total. The summed E-state index contributed by atoms with van der Waals surface area (Å²) in [6.07, 6.45) is 3.92. The molecule has 2 rings (SSSR count). The number of rotatable bonds is 4. The molecule has 2 aromatic heterocycles. The van der Waals surface area contributed by atoms with Crippen LogP contribution in [-0.2, 0) is 0 Å². The van der Waals surface area contributed by atoms with Gasteiger partial charge in [-0.2, -0.15) is 0 Å². The Morgan fingerprint density at radius 3 is 3.00 bits per heavy atom. The van der Waals surface area contributed by atoms with Crippen LogP contribution in [0.25, 0.3) is 11.0 Å². The summed E-state index contributed by atoms with van der Waals surface area (Å²) in [6.45, 7) is 3.05. The molecule has 80 valence electrons. The number of aromatic nitrogens is 3. The number of hydrogen-bond acceptors (Lipinski definition) is 3. The van der Waals surface area contributed by atoms with Gasteiger partial charge in [0.25, 0.3) is 0 Å². The maximum atomic E-state index is 11.0. The third-order valence-electron chi connectivity index (χ3n) is 2.24. The number of pyridine rings is 1. The molecule has 15 heavy (non-hydrogen) atoms. The third-order valence-corrected chi connectivity index (χ3v) is 2.24. The van der Waals surface area contributed by atoms with E-state index in [2.05, 4.69) is 27.2 Å². The number of aromatic amines is 2. The number of fused-ring (bicyclic) bond motifs is 1. The minimum Gasteiger partial charge on any atom is -0.370 e. The highest BCUT2D eigenvalue weighted by Gasteiger charge is 1.99. The maximum Gasteiger partial charge on any atom is 0.323 e. The molecular weight excluding hydrogens is 192 g/mol. The largest absolute Gasteiger partial charge is 0.370 e. The second-order valence-electron chi connectivity index (χ2n) is 3.47. The molecule has 0 unspecified atom stereocenters. The van der Waals surface area contributed by atoms with Crippen molar-refractivity contribution in [3.05, 3.63) is 22.7 Å². The molecule has 0 aliphatic heterocycles. The monoisotopic (exact) mass is 206 g/mol. The molecule has 0 aliphatic rings. The van der Waals surface area contributed by atoms with Gasteiger partial charge in [-0.1, -0.05) is 13.3 Å². The van der Waals surface area contributed by atoms with E-state index in [0.29, 0.717) is 0 Å². The molecule has 3 N–H and O–H groups in total. The van der Waals surface area contributed by atoms with E-state index in [0.717, 1.165) is 36.2 Å². The van der Waals surface area contributed by atoms with E-state index >= 15 is 0 Å². The zero-order chi connectivity index (χ0) is 10.7. The molecule has 2 aromatic rings. The average Bonchev–Trinajstić information content (AvgIpc) is 2.57. The number of nitrogens with zero attached hydrogens (tertiary/aromatic N) is 1. The predicted molar refractivity (Wildman–Crippen MR) is 60.1 cm³/mol. The van der Waals surface area contributed by atoms with Crippen molar-refractivity contribution in [3.8, 4) is 0 Å². The highest BCUT2D eigenvalue weighted by Crippen LogP contribution is 2.10. The number of imidazole rings is 1. The predicted octanol–water partition coefficient (Wildman–Crippen LogP) is 1.46. The van der Waals surface area contributed by atoms with Crippen LogP contribution < -0.4 is 11.0 Å². The Balaban J connectivity index is 2.19. The lowest BCUT2D eigenvalue weighted by Crippen LogP contribution is -2.02. The van der Waals surface area contributed by atoms with E-state index < -0.39 is 0 Å². The summed E-state index contributed by atoms with van der Waals surface area (Å²) in [7, 11) is 0. The molecule has 0 fully saturated rings. The number of nitrogens with one attached hydrogen (secondary N) is 3. The molecule has 0 bridgehead atoms. The van der Waals surface area contributed by atoms with Crippen molar-refractivity contribution >= 4 is 16.9 Å². The van der Waals surface area contributed by atoms with Gasteiger partial charge >= 0.3 is 5.69 Å². The van der Waals surface area contributed by atoms with Gasteiger partial charge in [-0.05, 0) is 6.42 Å². The van der Waals surface area contributed by atoms with Gasteiger partial charge in [0, 0.05) is 12.6 Å². The zero-order valence-electron chi connectivity index (χ0n) is 8.63. The molecule has 0 spiro atoms. The Labute approximate surface area is 86.9 Å². The summed E-state index contributed by atoms with van der Waals surface area (Å²) in [4.78, 5) is 20.5. The Kier molecular flexibility index (Phi) is 2.71. The summed E-state index contributed by atoms with van der Waals surface area (Å²) in [5, 5.41) is 3.20. The minimum absolute atomic E-state index is 0.197. The van der Waals surface area contributed by atoms with Gasteiger partial charge in [0.15, 0.2) is 0 Å². The lowest BCUT2D eigenvalue weighted by atomic mass is 10.3. The second-order valence-corrected chi connectivity index (χ2v) is 3.47. The van der Waals surface area contributed by atoms with Crippen LogP contribution in [0.5, 0.6) is 0 Å². The van der Waals surface area contributed by atoms with Crippen molar-refractivity contribution in [3.63, 3.8) is 0 Å². The van der Waals surface area contributed by atoms with Crippen molar-refractivity contribution in [2.24, 2.45) is 0 Å². The Hall–Kier alpha value is -1.78. The van der Waals surface area contributed by atoms with Gasteiger partial charge < -0.3 is 15.3 Å². The van der Waals surface area contributed by atoms with E-state index in [9.17, 15) is 4.79 Å². The van der Waals surface area contributed by atoms with Crippen LogP contribution in [-0.4, -0.2) is 21.5 Å². The van der Waals surface area contributed by atoms with Crippen LogP contribution in [0.3, 0.4) is 0 Å². The molecule has 0 atom stereocenters. The number of hydrogen-bond donors (Lipinski definition) is 3. The van der Waals surface area contributed by atoms with Gasteiger partial charge in [-0.3, -0.25) is 0 Å². The first-order chi connectivity index (χ1) is 7.29. The van der Waals surface area contributed by atoms with E-state index in [1.807, 2.05) is 6.07 Å². The molecule has 0 saturated carbocycles. The average molecular weight is 206 g/mol. The summed E-state index contributed by atoms with van der Waals surface area (Å²) >= 11 is 0. The molecule has 0 radical (unpaired) electrons. The van der Waals surface area contributed by atoms with E-state index in [4.69, 9.17) is 0 Å². The van der Waals surface area contributed by atoms with Crippen molar-refractivity contribution in [2.75, 3.05) is 11.9 Å². The Morgan fingerprint density at radius 1 is 1.40 bits per heavy atom. The van der Waals surface area contributed by atoms with Crippen molar-refractivity contribution < 1.29 is 0 Å². The van der Waals surface area contributed by atoms with Crippen LogP contribution in [0.15, 0.2) is 17.1 Å². The second kappa shape index (κ2) is 4.16. The van der Waals surface area contributed by atoms with Crippen LogP contribution in [0.4, 0.5) is 5.82 Å². The zero-order valence-corrected chi connectivity index (χ0v) is 8.63. The normalized spacial score (nSPS) is 10.7. The highest BCUT2D eigenvalue weighted by molar-refractivity contribution is 5.76. The van der Waals surface area contributed by atoms with Crippen LogP contribution in [0.2, 0.25) is 0 Å². The first kappa shape index (κ1) is 9.76. The van der Waals surface area contributed by atoms with Gasteiger partial charge in [0.1, 0.15) is 5.82 Å². The summed E-state index contributed by atoms with van der Waals surface area (Å²) in [5.74, 6) is 0.797. The van der Waals surface area contributed by atoms with Crippen molar-refractivity contribution in [1.29, 1.82) is 0 Å². The van der Waals surface area contributed by atoms with Crippen LogP contribution in [0.1, 0.15) is 19.8 Å². The lowest BCUT2D eigenvalue weighted by Gasteiger charge is -2.03. The molecule has 0 amide bonds. The molecular formula is C10H14N4O. The summed E-state index contributed by atoms with van der Waals surface area (Å²) < 4.78 is 0. The summed E-state index contributed by atoms with van der Waals surface area (Å²) in [6, 6.07) is 1.84. The fourth-order valence-electron chi connectivity index (χ4n) is 1.42. The fourth-order valence-corrected chi connectivity index (χ4v) is 1.42. The Morgan fingerprint density at radius 2 is 2.20 bits per heavy atom. The number of anilines is 1. The van der Waals surface area contributed by atoms with Gasteiger partial charge in [-0.25, -0.2) is 9.78 Å². The molecule has 0 aliphatic carbocycles. The third kappa shape index (κ3) is 2.18.